The Morgan fingerprint density at radius 1 is 0.538 bits per heavy atom. The Morgan fingerprint density at radius 3 is 0.962 bits per heavy atom. The van der Waals surface area contributed by atoms with Crippen LogP contribution in [0.5, 0.6) is 0 Å². The molecule has 0 radical (unpaired) electrons. The van der Waals surface area contributed by atoms with E-state index in [2.05, 4.69) is 0 Å². The SMILES string of the molecule is CCO[Si](CCC(N)CC[Si](OCC)(OCC)OCC)(OCC)OCC. The van der Waals surface area contributed by atoms with Crippen molar-refractivity contribution in [2.75, 3.05) is 39.6 Å². The van der Waals surface area contributed by atoms with E-state index in [9.17, 15) is 0 Å². The molecule has 0 aliphatic carbocycles. The molecule has 0 saturated heterocycles. The van der Waals surface area contributed by atoms with Gasteiger partial charge in [-0.25, -0.2) is 0 Å². The quantitative estimate of drug-likeness (QED) is 0.347. The van der Waals surface area contributed by atoms with Crippen molar-refractivity contribution in [3.63, 3.8) is 0 Å². The van der Waals surface area contributed by atoms with Crippen molar-refractivity contribution in [2.45, 2.75) is 72.5 Å². The van der Waals surface area contributed by atoms with Gasteiger partial charge in [0.15, 0.2) is 0 Å². The van der Waals surface area contributed by atoms with Gasteiger partial charge in [-0.1, -0.05) is 0 Å². The van der Waals surface area contributed by atoms with E-state index >= 15 is 0 Å². The Balaban J connectivity index is 4.74. The molecular formula is C17H41NO6Si2. The average molecular weight is 412 g/mol. The Morgan fingerprint density at radius 2 is 0.769 bits per heavy atom. The first-order chi connectivity index (χ1) is 12.5. The number of hydrogen-bond acceptors (Lipinski definition) is 7. The highest BCUT2D eigenvalue weighted by molar-refractivity contribution is 6.61. The summed E-state index contributed by atoms with van der Waals surface area (Å²) in [5, 5.41) is 0. The molecule has 0 aromatic rings. The highest BCUT2D eigenvalue weighted by Crippen LogP contribution is 2.23. The minimum absolute atomic E-state index is 0.00325. The van der Waals surface area contributed by atoms with Crippen LogP contribution in [0.25, 0.3) is 0 Å². The van der Waals surface area contributed by atoms with E-state index in [1.807, 2.05) is 41.5 Å². The van der Waals surface area contributed by atoms with Crippen LogP contribution in [0, 0.1) is 0 Å². The van der Waals surface area contributed by atoms with Gasteiger partial charge in [0.2, 0.25) is 0 Å². The second kappa shape index (κ2) is 15.1. The van der Waals surface area contributed by atoms with Crippen LogP contribution >= 0.6 is 0 Å². The lowest BCUT2D eigenvalue weighted by Gasteiger charge is -2.31. The zero-order valence-electron chi connectivity index (χ0n) is 17.7. The smallest absolute Gasteiger partial charge is 0.374 e. The molecule has 0 atom stereocenters. The third kappa shape index (κ3) is 9.91. The molecule has 0 fully saturated rings. The van der Waals surface area contributed by atoms with E-state index in [-0.39, 0.29) is 6.04 Å². The second-order valence-electron chi connectivity index (χ2n) is 5.80. The molecule has 158 valence electrons. The van der Waals surface area contributed by atoms with Crippen molar-refractivity contribution >= 4 is 17.6 Å². The highest BCUT2D eigenvalue weighted by Gasteiger charge is 2.42. The summed E-state index contributed by atoms with van der Waals surface area (Å²) in [5.74, 6) is 0. The molecular weight excluding hydrogens is 370 g/mol. The van der Waals surface area contributed by atoms with Gasteiger partial charge in [0.25, 0.3) is 0 Å². The summed E-state index contributed by atoms with van der Waals surface area (Å²) in [5.41, 5.74) is 6.38. The third-order valence-electron chi connectivity index (χ3n) is 3.83. The van der Waals surface area contributed by atoms with E-state index in [1.165, 1.54) is 0 Å². The van der Waals surface area contributed by atoms with Gasteiger partial charge in [-0.3, -0.25) is 0 Å². The van der Waals surface area contributed by atoms with Gasteiger partial charge in [-0.2, -0.15) is 0 Å². The number of rotatable bonds is 18. The minimum Gasteiger partial charge on any atom is -0.374 e. The third-order valence-corrected chi connectivity index (χ3v) is 10.0. The first-order valence-corrected chi connectivity index (χ1v) is 13.9. The lowest BCUT2D eigenvalue weighted by Crippen LogP contribution is -2.48. The zero-order chi connectivity index (χ0) is 19.9. The molecule has 9 heteroatoms. The van der Waals surface area contributed by atoms with Gasteiger partial charge in [-0.15, -0.1) is 0 Å². The normalized spacial score (nSPS) is 12.9. The fourth-order valence-electron chi connectivity index (χ4n) is 2.87. The van der Waals surface area contributed by atoms with Crippen LogP contribution in [0.4, 0.5) is 0 Å². The van der Waals surface area contributed by atoms with Crippen LogP contribution in [0.1, 0.15) is 54.4 Å². The maximum Gasteiger partial charge on any atom is 0.500 e. The zero-order valence-corrected chi connectivity index (χ0v) is 19.7. The molecule has 0 amide bonds. The van der Waals surface area contributed by atoms with Crippen molar-refractivity contribution in [2.24, 2.45) is 5.73 Å². The Bertz CT molecular complexity index is 274. The van der Waals surface area contributed by atoms with E-state index < -0.39 is 17.6 Å². The minimum atomic E-state index is -2.64. The topological polar surface area (TPSA) is 81.4 Å². The number of nitrogens with two attached hydrogens (primary N) is 1. The molecule has 0 bridgehead atoms. The lowest BCUT2D eigenvalue weighted by molar-refractivity contribution is 0.0688. The molecule has 0 unspecified atom stereocenters. The molecule has 0 aliphatic rings. The summed E-state index contributed by atoms with van der Waals surface area (Å²) >= 11 is 0. The first kappa shape index (κ1) is 26.2. The maximum absolute atomic E-state index is 6.38. The summed E-state index contributed by atoms with van der Waals surface area (Å²) in [6.45, 7) is 15.3. The second-order valence-corrected chi connectivity index (χ2v) is 11.3. The van der Waals surface area contributed by atoms with Crippen molar-refractivity contribution in [1.82, 2.24) is 0 Å². The van der Waals surface area contributed by atoms with Crippen molar-refractivity contribution < 1.29 is 26.6 Å². The fourth-order valence-corrected chi connectivity index (χ4v) is 8.32. The monoisotopic (exact) mass is 411 g/mol. The summed E-state index contributed by atoms with van der Waals surface area (Å²) < 4.78 is 35.4. The molecule has 0 heterocycles. The van der Waals surface area contributed by atoms with Crippen LogP contribution in [0.2, 0.25) is 12.1 Å². The summed E-state index contributed by atoms with van der Waals surface area (Å²) in [6.07, 6.45) is 1.56. The fraction of sp³-hybridized carbons (Fsp3) is 1.00. The van der Waals surface area contributed by atoms with Crippen LogP contribution < -0.4 is 5.73 Å². The number of hydrogen-bond donors (Lipinski definition) is 1. The van der Waals surface area contributed by atoms with E-state index in [4.69, 9.17) is 32.3 Å². The van der Waals surface area contributed by atoms with Gasteiger partial charge in [0.1, 0.15) is 0 Å². The lowest BCUT2D eigenvalue weighted by atomic mass is 10.2. The molecule has 0 aliphatic heterocycles. The predicted octanol–water partition coefficient (Wildman–Crippen LogP) is 3.19. The van der Waals surface area contributed by atoms with Gasteiger partial charge in [0, 0.05) is 57.8 Å². The molecule has 0 aromatic heterocycles. The van der Waals surface area contributed by atoms with Gasteiger partial charge < -0.3 is 32.3 Å². The molecule has 0 spiro atoms. The summed E-state index contributed by atoms with van der Waals surface area (Å²) in [6, 6.07) is 1.43. The van der Waals surface area contributed by atoms with Crippen molar-refractivity contribution in [1.29, 1.82) is 0 Å². The van der Waals surface area contributed by atoms with E-state index in [0.29, 0.717) is 39.6 Å². The van der Waals surface area contributed by atoms with E-state index in [1.54, 1.807) is 0 Å². The van der Waals surface area contributed by atoms with Gasteiger partial charge in [0.05, 0.1) is 0 Å². The summed E-state index contributed by atoms with van der Waals surface area (Å²) in [4.78, 5) is 0. The first-order valence-electron chi connectivity index (χ1n) is 10.1. The Hall–Kier alpha value is 0.154. The largest absolute Gasteiger partial charge is 0.500 e. The van der Waals surface area contributed by atoms with Gasteiger partial charge in [-0.05, 0) is 54.4 Å². The van der Waals surface area contributed by atoms with Crippen LogP contribution in [0.15, 0.2) is 0 Å². The molecule has 0 aromatic carbocycles. The Kier molecular flexibility index (Phi) is 15.2. The van der Waals surface area contributed by atoms with Crippen LogP contribution in [0.3, 0.4) is 0 Å². The van der Waals surface area contributed by atoms with Crippen LogP contribution in [-0.4, -0.2) is 63.3 Å². The van der Waals surface area contributed by atoms with Crippen molar-refractivity contribution in [3.8, 4) is 0 Å². The van der Waals surface area contributed by atoms with E-state index in [0.717, 1.165) is 24.9 Å². The molecule has 2 N–H and O–H groups in total. The molecule has 0 saturated carbocycles. The van der Waals surface area contributed by atoms with Crippen molar-refractivity contribution in [3.05, 3.63) is 0 Å². The Labute approximate surface area is 162 Å². The summed E-state index contributed by atoms with van der Waals surface area (Å²) in [7, 11) is -5.28. The molecule has 7 nitrogen and oxygen atoms in total. The highest BCUT2D eigenvalue weighted by atomic mass is 28.4. The van der Waals surface area contributed by atoms with Gasteiger partial charge >= 0.3 is 17.6 Å². The average Bonchev–Trinajstić information content (AvgIpc) is 2.60. The van der Waals surface area contributed by atoms with Crippen LogP contribution in [-0.2, 0) is 26.6 Å². The predicted molar refractivity (Wildman–Crippen MR) is 108 cm³/mol. The maximum atomic E-state index is 6.38. The molecule has 26 heavy (non-hydrogen) atoms. The standard InChI is InChI=1S/C17H41NO6Si2/c1-7-19-25(20-8-2,21-9-3)15-13-17(18)14-16-26(22-10-4,23-11-5)24-12-6/h17H,7-16,18H2,1-6H3. The molecule has 0 rings (SSSR count).